The first-order valence-corrected chi connectivity index (χ1v) is 13.7. The molecule has 11 N–H and O–H groups in total. The normalized spacial score (nSPS) is 14.1. The number of para-hydroxylation sites is 1. The first-order chi connectivity index (χ1) is 18.9. The Morgan fingerprint density at radius 3 is 2.25 bits per heavy atom. The third kappa shape index (κ3) is 10.1. The van der Waals surface area contributed by atoms with Crippen LogP contribution in [0.25, 0.3) is 10.9 Å². The predicted molar refractivity (Wildman–Crippen MR) is 157 cm³/mol. The van der Waals surface area contributed by atoms with Crippen molar-refractivity contribution in [3.8, 4) is 0 Å². The third-order valence-electron chi connectivity index (χ3n) is 6.17. The van der Waals surface area contributed by atoms with E-state index in [2.05, 4.69) is 38.6 Å². The molecule has 14 heteroatoms. The van der Waals surface area contributed by atoms with Gasteiger partial charge in [0, 0.05) is 35.8 Å². The van der Waals surface area contributed by atoms with Crippen LogP contribution in [-0.2, 0) is 25.6 Å². The van der Waals surface area contributed by atoms with Crippen LogP contribution in [-0.4, -0.2) is 76.2 Å². The Labute approximate surface area is 238 Å². The Morgan fingerprint density at radius 2 is 1.62 bits per heavy atom. The molecule has 40 heavy (non-hydrogen) atoms. The molecule has 1 aromatic heterocycles. The lowest BCUT2D eigenvalue weighted by Gasteiger charge is -2.25. The van der Waals surface area contributed by atoms with Gasteiger partial charge in [0.1, 0.15) is 18.1 Å². The number of carbonyl (C=O) groups excluding carboxylic acids is 3. The standard InChI is InChI=1S/C26H40N8O5S/c1-14(2)10-19(32-22(35)17(27)7-5-9-30-26(28)29)23(36)34-21(13-40)24(37)33-20(25(38)39)11-15-12-31-18-8-4-3-6-16(15)18/h3-4,6,8,12,14,17,19-21,31,40H,5,7,9-11,13,27H2,1-2H3,(H,32,35)(H,33,37)(H,34,36)(H,38,39)(H4,28,29,30). The van der Waals surface area contributed by atoms with Crippen LogP contribution in [0, 0.1) is 5.92 Å². The Hall–Kier alpha value is -3.78. The first kappa shape index (κ1) is 32.4. The number of carboxylic acids is 1. The zero-order valence-corrected chi connectivity index (χ0v) is 23.6. The quantitative estimate of drug-likeness (QED) is 0.0551. The number of benzene rings is 1. The predicted octanol–water partition coefficient (Wildman–Crippen LogP) is -0.394. The van der Waals surface area contributed by atoms with Crippen molar-refractivity contribution in [2.75, 3.05) is 12.3 Å². The van der Waals surface area contributed by atoms with Gasteiger partial charge in [-0.1, -0.05) is 32.0 Å². The highest BCUT2D eigenvalue weighted by atomic mass is 32.1. The Balaban J connectivity index is 2.04. The number of nitrogens with zero attached hydrogens (tertiary/aromatic N) is 1. The summed E-state index contributed by atoms with van der Waals surface area (Å²) in [5.41, 5.74) is 18.1. The molecule has 0 radical (unpaired) electrons. The molecule has 2 aromatic rings. The van der Waals surface area contributed by atoms with Crippen LogP contribution < -0.4 is 33.2 Å². The van der Waals surface area contributed by atoms with Crippen molar-refractivity contribution in [1.29, 1.82) is 0 Å². The summed E-state index contributed by atoms with van der Waals surface area (Å²) >= 11 is 4.18. The van der Waals surface area contributed by atoms with Gasteiger partial charge >= 0.3 is 5.97 Å². The number of thiol groups is 1. The molecule has 4 unspecified atom stereocenters. The number of nitrogens with two attached hydrogens (primary N) is 3. The van der Waals surface area contributed by atoms with Crippen molar-refractivity contribution < 1.29 is 24.3 Å². The van der Waals surface area contributed by atoms with Crippen LogP contribution >= 0.6 is 12.6 Å². The van der Waals surface area contributed by atoms with Gasteiger partial charge in [0.2, 0.25) is 17.7 Å². The molecule has 3 amide bonds. The number of guanidine groups is 1. The number of hydrogen-bond acceptors (Lipinski definition) is 7. The highest BCUT2D eigenvalue weighted by Crippen LogP contribution is 2.19. The van der Waals surface area contributed by atoms with E-state index in [4.69, 9.17) is 17.2 Å². The number of aliphatic imine (C=N–C) groups is 1. The molecule has 0 saturated heterocycles. The van der Waals surface area contributed by atoms with Crippen molar-refractivity contribution in [3.05, 3.63) is 36.0 Å². The van der Waals surface area contributed by atoms with Crippen LogP contribution in [0.4, 0.5) is 0 Å². The number of carboxylic acid groups (broad SMARTS) is 1. The largest absolute Gasteiger partial charge is 0.480 e. The van der Waals surface area contributed by atoms with Gasteiger partial charge in [-0.15, -0.1) is 0 Å². The summed E-state index contributed by atoms with van der Waals surface area (Å²) in [6, 6.07) is 3.19. The number of nitrogens with one attached hydrogen (secondary N) is 4. The average Bonchev–Trinajstić information content (AvgIpc) is 3.30. The minimum absolute atomic E-state index is 0.0324. The summed E-state index contributed by atoms with van der Waals surface area (Å²) < 4.78 is 0. The number of aromatic nitrogens is 1. The number of hydrogen-bond donors (Lipinski definition) is 9. The van der Waals surface area contributed by atoms with Crippen LogP contribution in [0.1, 0.15) is 38.7 Å². The maximum Gasteiger partial charge on any atom is 0.326 e. The summed E-state index contributed by atoms with van der Waals surface area (Å²) in [7, 11) is 0. The zero-order valence-electron chi connectivity index (χ0n) is 22.7. The molecule has 1 aromatic carbocycles. The summed E-state index contributed by atoms with van der Waals surface area (Å²) in [6.07, 6.45) is 2.80. The number of aliphatic carboxylic acids is 1. The topological polar surface area (TPSA) is 231 Å². The Morgan fingerprint density at radius 1 is 1.00 bits per heavy atom. The van der Waals surface area contributed by atoms with Gasteiger partial charge in [-0.25, -0.2) is 4.79 Å². The monoisotopic (exact) mass is 576 g/mol. The van der Waals surface area contributed by atoms with E-state index < -0.39 is 47.9 Å². The molecule has 0 fully saturated rings. The van der Waals surface area contributed by atoms with Crippen molar-refractivity contribution in [1.82, 2.24) is 20.9 Å². The van der Waals surface area contributed by atoms with E-state index in [-0.39, 0.29) is 30.5 Å². The van der Waals surface area contributed by atoms with E-state index in [1.54, 1.807) is 6.20 Å². The van der Waals surface area contributed by atoms with Gasteiger partial charge in [0.25, 0.3) is 0 Å². The van der Waals surface area contributed by atoms with Crippen LogP contribution in [0.5, 0.6) is 0 Å². The number of carbonyl (C=O) groups is 4. The number of aromatic amines is 1. The maximum absolute atomic E-state index is 13.1. The second-order valence-electron chi connectivity index (χ2n) is 9.95. The van der Waals surface area contributed by atoms with Gasteiger partial charge in [-0.3, -0.25) is 19.4 Å². The lowest BCUT2D eigenvalue weighted by atomic mass is 10.0. The number of H-pyrrole nitrogens is 1. The molecule has 4 atom stereocenters. The molecule has 0 aliphatic carbocycles. The van der Waals surface area contributed by atoms with Crippen LogP contribution in [0.15, 0.2) is 35.5 Å². The van der Waals surface area contributed by atoms with E-state index >= 15 is 0 Å². The molecule has 220 valence electrons. The van der Waals surface area contributed by atoms with Crippen molar-refractivity contribution >= 4 is 53.2 Å². The lowest BCUT2D eigenvalue weighted by Crippen LogP contribution is -2.58. The fourth-order valence-corrected chi connectivity index (χ4v) is 4.35. The highest BCUT2D eigenvalue weighted by Gasteiger charge is 2.30. The van der Waals surface area contributed by atoms with E-state index in [0.717, 1.165) is 16.5 Å². The summed E-state index contributed by atoms with van der Waals surface area (Å²) in [6.45, 7) is 4.08. The highest BCUT2D eigenvalue weighted by molar-refractivity contribution is 7.80. The van der Waals surface area contributed by atoms with Crippen molar-refractivity contribution in [3.63, 3.8) is 0 Å². The van der Waals surface area contributed by atoms with Crippen LogP contribution in [0.3, 0.4) is 0 Å². The van der Waals surface area contributed by atoms with E-state index in [9.17, 15) is 24.3 Å². The molecule has 0 bridgehead atoms. The molecule has 0 aliphatic rings. The van der Waals surface area contributed by atoms with Gasteiger partial charge in [0.15, 0.2) is 5.96 Å². The second kappa shape index (κ2) is 15.7. The zero-order chi connectivity index (χ0) is 29.8. The number of amides is 3. The summed E-state index contributed by atoms with van der Waals surface area (Å²) in [4.78, 5) is 57.7. The minimum atomic E-state index is -1.24. The third-order valence-corrected chi connectivity index (χ3v) is 6.54. The molecule has 0 aliphatic heterocycles. The molecule has 0 saturated carbocycles. The molecular weight excluding hydrogens is 536 g/mol. The van der Waals surface area contributed by atoms with Crippen LogP contribution in [0.2, 0.25) is 0 Å². The summed E-state index contributed by atoms with van der Waals surface area (Å²) in [5.74, 6) is -3.17. The molecule has 2 rings (SSSR count). The lowest BCUT2D eigenvalue weighted by molar-refractivity contribution is -0.142. The molecule has 13 nitrogen and oxygen atoms in total. The van der Waals surface area contributed by atoms with E-state index in [1.165, 1.54) is 0 Å². The van der Waals surface area contributed by atoms with Gasteiger partial charge < -0.3 is 43.2 Å². The average molecular weight is 577 g/mol. The Kier molecular flexibility index (Phi) is 12.7. The number of fused-ring (bicyclic) bond motifs is 1. The minimum Gasteiger partial charge on any atom is -0.480 e. The SMILES string of the molecule is CC(C)CC(NC(=O)C(N)CCCN=C(N)N)C(=O)NC(CS)C(=O)NC(Cc1c[nH]c2ccccc12)C(=O)O. The van der Waals surface area contributed by atoms with Gasteiger partial charge in [-0.2, -0.15) is 12.6 Å². The molecule has 0 spiro atoms. The number of rotatable bonds is 16. The fraction of sp³-hybridized carbons (Fsp3) is 0.500. The van der Waals surface area contributed by atoms with E-state index in [1.807, 2.05) is 38.1 Å². The first-order valence-electron chi connectivity index (χ1n) is 13.0. The Bertz CT molecular complexity index is 1200. The van der Waals surface area contributed by atoms with Gasteiger partial charge in [0.05, 0.1) is 6.04 Å². The van der Waals surface area contributed by atoms with E-state index in [0.29, 0.717) is 19.4 Å². The smallest absolute Gasteiger partial charge is 0.326 e. The molecule has 1 heterocycles. The maximum atomic E-state index is 13.1. The fourth-order valence-electron chi connectivity index (χ4n) is 4.09. The molecular formula is C26H40N8O5S. The van der Waals surface area contributed by atoms with Gasteiger partial charge in [-0.05, 0) is 36.8 Å². The second-order valence-corrected chi connectivity index (χ2v) is 10.3. The summed E-state index contributed by atoms with van der Waals surface area (Å²) in [5, 5.41) is 18.4. The van der Waals surface area contributed by atoms with Crippen molar-refractivity contribution in [2.45, 2.75) is 63.7 Å². The van der Waals surface area contributed by atoms with Crippen molar-refractivity contribution in [2.24, 2.45) is 28.1 Å².